The van der Waals surface area contributed by atoms with Crippen molar-refractivity contribution >= 4 is 6.47 Å². The van der Waals surface area contributed by atoms with Gasteiger partial charge in [-0.25, -0.2) is 4.79 Å². The Labute approximate surface area is 87.0 Å². The van der Waals surface area contributed by atoms with Gasteiger partial charge in [0.1, 0.15) is 5.60 Å². The SMILES string of the molecule is CCCC(C)(O[C]=O)C1CCCCC1. The topological polar surface area (TPSA) is 26.3 Å². The van der Waals surface area contributed by atoms with Gasteiger partial charge in [0.05, 0.1) is 0 Å². The van der Waals surface area contributed by atoms with Crippen LogP contribution in [0.1, 0.15) is 58.8 Å². The van der Waals surface area contributed by atoms with Crippen LogP contribution >= 0.6 is 0 Å². The Morgan fingerprint density at radius 2 is 2.00 bits per heavy atom. The lowest BCUT2D eigenvalue weighted by Gasteiger charge is -2.37. The Kier molecular flexibility index (Phi) is 4.43. The summed E-state index contributed by atoms with van der Waals surface area (Å²) < 4.78 is 5.20. The molecule has 0 aromatic heterocycles. The number of rotatable bonds is 5. The van der Waals surface area contributed by atoms with Crippen LogP contribution in [0.4, 0.5) is 0 Å². The Morgan fingerprint density at radius 3 is 2.50 bits per heavy atom. The monoisotopic (exact) mass is 197 g/mol. The van der Waals surface area contributed by atoms with Gasteiger partial charge in [-0.3, -0.25) is 0 Å². The van der Waals surface area contributed by atoms with Crippen LogP contribution in [0.2, 0.25) is 0 Å². The third-order valence-corrected chi connectivity index (χ3v) is 3.49. The van der Waals surface area contributed by atoms with Gasteiger partial charge in [0.25, 0.3) is 0 Å². The number of carbonyl (C=O) groups excluding carboxylic acids is 1. The highest BCUT2D eigenvalue weighted by molar-refractivity contribution is 5.39. The minimum atomic E-state index is -0.253. The zero-order valence-corrected chi connectivity index (χ0v) is 9.34. The van der Waals surface area contributed by atoms with Crippen LogP contribution in [0.15, 0.2) is 0 Å². The average Bonchev–Trinajstić information content (AvgIpc) is 2.20. The van der Waals surface area contributed by atoms with E-state index >= 15 is 0 Å². The predicted molar refractivity (Wildman–Crippen MR) is 56.7 cm³/mol. The summed E-state index contributed by atoms with van der Waals surface area (Å²) in [7, 11) is 0. The molecule has 81 valence electrons. The molecule has 2 heteroatoms. The fraction of sp³-hybridized carbons (Fsp3) is 0.917. The minimum absolute atomic E-state index is 0.253. The molecule has 0 saturated heterocycles. The molecular weight excluding hydrogens is 176 g/mol. The molecule has 1 aliphatic carbocycles. The van der Waals surface area contributed by atoms with E-state index in [-0.39, 0.29) is 5.60 Å². The Balaban J connectivity index is 2.58. The van der Waals surface area contributed by atoms with Crippen molar-refractivity contribution < 1.29 is 9.53 Å². The fourth-order valence-corrected chi connectivity index (χ4v) is 2.64. The number of hydrogen-bond donors (Lipinski definition) is 0. The molecule has 0 spiro atoms. The molecule has 0 aromatic carbocycles. The lowest BCUT2D eigenvalue weighted by molar-refractivity contribution is -0.0131. The summed E-state index contributed by atoms with van der Waals surface area (Å²) in [6, 6.07) is 0. The Bertz CT molecular complexity index is 173. The van der Waals surface area contributed by atoms with E-state index in [0.29, 0.717) is 5.92 Å². The molecule has 1 radical (unpaired) electrons. The van der Waals surface area contributed by atoms with Gasteiger partial charge in [0.2, 0.25) is 0 Å². The molecule has 14 heavy (non-hydrogen) atoms. The molecule has 0 N–H and O–H groups in total. The molecule has 0 bridgehead atoms. The van der Waals surface area contributed by atoms with E-state index in [0.717, 1.165) is 12.8 Å². The second-order valence-corrected chi connectivity index (χ2v) is 4.58. The molecule has 2 nitrogen and oxygen atoms in total. The first-order valence-electron chi connectivity index (χ1n) is 5.78. The summed E-state index contributed by atoms with van der Waals surface area (Å²) in [5.41, 5.74) is -0.253. The van der Waals surface area contributed by atoms with Gasteiger partial charge >= 0.3 is 6.47 Å². The van der Waals surface area contributed by atoms with Gasteiger partial charge in [-0.1, -0.05) is 32.6 Å². The van der Waals surface area contributed by atoms with Crippen molar-refractivity contribution in [2.45, 2.75) is 64.4 Å². The summed E-state index contributed by atoms with van der Waals surface area (Å²) in [5.74, 6) is 0.553. The van der Waals surface area contributed by atoms with E-state index in [9.17, 15) is 4.79 Å². The third kappa shape index (κ3) is 2.73. The van der Waals surface area contributed by atoms with Gasteiger partial charge in [0.15, 0.2) is 0 Å². The highest BCUT2D eigenvalue weighted by Crippen LogP contribution is 2.37. The third-order valence-electron chi connectivity index (χ3n) is 3.49. The summed E-state index contributed by atoms with van der Waals surface area (Å²) >= 11 is 0. The van der Waals surface area contributed by atoms with Crippen LogP contribution in [0, 0.1) is 5.92 Å². The molecule has 1 rings (SSSR count). The molecule has 0 aliphatic heterocycles. The van der Waals surface area contributed by atoms with Crippen LogP contribution < -0.4 is 0 Å². The van der Waals surface area contributed by atoms with Gasteiger partial charge in [-0.15, -0.1) is 0 Å². The lowest BCUT2D eigenvalue weighted by Crippen LogP contribution is -2.38. The van der Waals surface area contributed by atoms with Gasteiger partial charge in [-0.05, 0) is 32.1 Å². The molecule has 1 saturated carbocycles. The average molecular weight is 197 g/mol. The van der Waals surface area contributed by atoms with Crippen LogP contribution in [0.25, 0.3) is 0 Å². The van der Waals surface area contributed by atoms with Gasteiger partial charge < -0.3 is 4.74 Å². The van der Waals surface area contributed by atoms with Crippen LogP contribution in [-0.4, -0.2) is 12.1 Å². The van der Waals surface area contributed by atoms with E-state index in [1.807, 2.05) is 0 Å². The molecule has 0 amide bonds. The molecule has 1 unspecified atom stereocenters. The Morgan fingerprint density at radius 1 is 1.36 bits per heavy atom. The summed E-state index contributed by atoms with van der Waals surface area (Å²) in [6.45, 7) is 5.84. The minimum Gasteiger partial charge on any atom is -0.451 e. The zero-order chi connectivity index (χ0) is 10.4. The normalized spacial score (nSPS) is 22.7. The number of hydrogen-bond acceptors (Lipinski definition) is 2. The van der Waals surface area contributed by atoms with Crippen LogP contribution in [0.3, 0.4) is 0 Å². The highest BCUT2D eigenvalue weighted by Gasteiger charge is 2.36. The number of ether oxygens (including phenoxy) is 1. The van der Waals surface area contributed by atoms with E-state index in [4.69, 9.17) is 4.74 Å². The summed E-state index contributed by atoms with van der Waals surface area (Å²) in [4.78, 5) is 10.4. The van der Waals surface area contributed by atoms with Crippen molar-refractivity contribution in [3.05, 3.63) is 0 Å². The Hall–Kier alpha value is -0.530. The van der Waals surface area contributed by atoms with Crippen LogP contribution in [-0.2, 0) is 9.53 Å². The predicted octanol–water partition coefficient (Wildman–Crippen LogP) is 3.21. The van der Waals surface area contributed by atoms with Gasteiger partial charge in [-0.2, -0.15) is 0 Å². The first-order chi connectivity index (χ1) is 6.73. The second-order valence-electron chi connectivity index (χ2n) is 4.58. The van der Waals surface area contributed by atoms with Crippen molar-refractivity contribution in [3.63, 3.8) is 0 Å². The first kappa shape index (κ1) is 11.5. The van der Waals surface area contributed by atoms with Crippen molar-refractivity contribution in [3.8, 4) is 0 Å². The fourth-order valence-electron chi connectivity index (χ4n) is 2.64. The molecule has 0 heterocycles. The molecule has 1 atom stereocenters. The molecule has 0 aromatic rings. The summed E-state index contributed by atoms with van der Waals surface area (Å²) in [6.07, 6.45) is 8.35. The van der Waals surface area contributed by atoms with E-state index in [2.05, 4.69) is 13.8 Å². The van der Waals surface area contributed by atoms with E-state index < -0.39 is 0 Å². The summed E-state index contributed by atoms with van der Waals surface area (Å²) in [5, 5.41) is 0. The van der Waals surface area contributed by atoms with Crippen molar-refractivity contribution in [2.75, 3.05) is 0 Å². The molecule has 1 aliphatic rings. The van der Waals surface area contributed by atoms with Crippen LogP contribution in [0.5, 0.6) is 0 Å². The largest absolute Gasteiger partial charge is 0.451 e. The smallest absolute Gasteiger partial charge is 0.418 e. The quantitative estimate of drug-likeness (QED) is 0.676. The lowest BCUT2D eigenvalue weighted by atomic mass is 9.76. The van der Waals surface area contributed by atoms with Crippen molar-refractivity contribution in [2.24, 2.45) is 5.92 Å². The highest BCUT2D eigenvalue weighted by atomic mass is 16.5. The van der Waals surface area contributed by atoms with E-state index in [1.165, 1.54) is 32.1 Å². The van der Waals surface area contributed by atoms with Crippen molar-refractivity contribution in [1.82, 2.24) is 0 Å². The van der Waals surface area contributed by atoms with Crippen molar-refractivity contribution in [1.29, 1.82) is 0 Å². The molecular formula is C12H21O2. The maximum atomic E-state index is 10.4. The maximum absolute atomic E-state index is 10.4. The van der Waals surface area contributed by atoms with E-state index in [1.54, 1.807) is 6.47 Å². The zero-order valence-electron chi connectivity index (χ0n) is 9.34. The maximum Gasteiger partial charge on any atom is 0.418 e. The van der Waals surface area contributed by atoms with Gasteiger partial charge in [0, 0.05) is 0 Å². The molecule has 1 fully saturated rings. The first-order valence-corrected chi connectivity index (χ1v) is 5.78. The second kappa shape index (κ2) is 5.38. The standard InChI is InChI=1S/C12H21O2/c1-3-9-12(2,14-10-13)11-7-5-4-6-8-11/h11H,3-9H2,1-2H3.